The number of hydrogen-bond acceptors (Lipinski definition) is 2. The Hall–Kier alpha value is -2.24. The predicted octanol–water partition coefficient (Wildman–Crippen LogP) is 3.50. The fraction of sp³-hybridized carbons (Fsp3) is 0.111. The highest BCUT2D eigenvalue weighted by Gasteiger charge is 2.13. The first-order valence-electron chi connectivity index (χ1n) is 7.27. The van der Waals surface area contributed by atoms with Crippen molar-refractivity contribution in [2.45, 2.75) is 11.3 Å². The predicted molar refractivity (Wildman–Crippen MR) is 89.2 cm³/mol. The molecule has 118 valence electrons. The van der Waals surface area contributed by atoms with Crippen molar-refractivity contribution in [1.82, 2.24) is 4.72 Å². The lowest BCUT2D eigenvalue weighted by Gasteiger charge is -2.08. The van der Waals surface area contributed by atoms with Crippen LogP contribution >= 0.6 is 0 Å². The lowest BCUT2D eigenvalue weighted by molar-refractivity contribution is 0.581. The molecule has 0 aromatic heterocycles. The van der Waals surface area contributed by atoms with E-state index in [9.17, 15) is 12.8 Å². The Kier molecular flexibility index (Phi) is 4.41. The zero-order chi connectivity index (χ0) is 16.3. The van der Waals surface area contributed by atoms with E-state index in [4.69, 9.17) is 0 Å². The Morgan fingerprint density at radius 2 is 1.65 bits per heavy atom. The maximum absolute atomic E-state index is 13.1. The molecule has 3 nitrogen and oxygen atoms in total. The molecule has 3 aromatic rings. The maximum Gasteiger partial charge on any atom is 0.240 e. The third-order valence-corrected chi connectivity index (χ3v) is 5.08. The van der Waals surface area contributed by atoms with Gasteiger partial charge in [-0.2, -0.15) is 0 Å². The molecule has 5 heteroatoms. The molecule has 0 aliphatic rings. The van der Waals surface area contributed by atoms with Gasteiger partial charge in [-0.3, -0.25) is 0 Å². The highest BCUT2D eigenvalue weighted by Crippen LogP contribution is 2.18. The highest BCUT2D eigenvalue weighted by molar-refractivity contribution is 7.89. The molecule has 0 aliphatic carbocycles. The van der Waals surface area contributed by atoms with Crippen molar-refractivity contribution in [3.05, 3.63) is 78.1 Å². The summed E-state index contributed by atoms with van der Waals surface area (Å²) in [4.78, 5) is 0.232. The molecule has 0 unspecified atom stereocenters. The molecule has 0 saturated heterocycles. The van der Waals surface area contributed by atoms with Crippen LogP contribution < -0.4 is 4.72 Å². The second-order valence-electron chi connectivity index (χ2n) is 5.29. The largest absolute Gasteiger partial charge is 0.240 e. The minimum atomic E-state index is -3.58. The molecule has 0 heterocycles. The fourth-order valence-electron chi connectivity index (χ4n) is 2.44. The summed E-state index contributed by atoms with van der Waals surface area (Å²) in [5, 5.41) is 1.87. The van der Waals surface area contributed by atoms with Gasteiger partial charge < -0.3 is 0 Å². The summed E-state index contributed by atoms with van der Waals surface area (Å²) in [6.45, 7) is 0.221. The highest BCUT2D eigenvalue weighted by atomic mass is 32.2. The van der Waals surface area contributed by atoms with Crippen LogP contribution in [0.25, 0.3) is 10.8 Å². The van der Waals surface area contributed by atoms with Gasteiger partial charge >= 0.3 is 0 Å². The Balaban J connectivity index is 1.72. The van der Waals surface area contributed by atoms with Crippen LogP contribution in [0.1, 0.15) is 5.56 Å². The van der Waals surface area contributed by atoms with E-state index in [0.29, 0.717) is 6.42 Å². The minimum Gasteiger partial charge on any atom is -0.211 e. The first-order valence-corrected chi connectivity index (χ1v) is 8.76. The molecular formula is C18H16FNO2S. The van der Waals surface area contributed by atoms with Crippen LogP contribution in [0.2, 0.25) is 0 Å². The van der Waals surface area contributed by atoms with E-state index in [0.717, 1.165) is 16.3 Å². The normalized spacial score (nSPS) is 11.7. The third kappa shape index (κ3) is 3.75. The van der Waals surface area contributed by atoms with Gasteiger partial charge in [-0.25, -0.2) is 17.5 Å². The molecule has 0 amide bonds. The number of sulfonamides is 1. The Bertz CT molecular complexity index is 938. The van der Waals surface area contributed by atoms with Crippen molar-refractivity contribution in [3.63, 3.8) is 0 Å². The topological polar surface area (TPSA) is 46.2 Å². The molecule has 1 N–H and O–H groups in total. The first-order chi connectivity index (χ1) is 11.0. The number of fused-ring (bicyclic) bond motifs is 1. The summed E-state index contributed by atoms with van der Waals surface area (Å²) in [5.41, 5.74) is 0.756. The zero-order valence-electron chi connectivity index (χ0n) is 12.4. The molecule has 0 radical (unpaired) electrons. The molecule has 0 fully saturated rings. The van der Waals surface area contributed by atoms with Crippen molar-refractivity contribution in [2.75, 3.05) is 6.54 Å². The molecule has 0 aliphatic heterocycles. The number of hydrogen-bond donors (Lipinski definition) is 1. The van der Waals surface area contributed by atoms with Crippen molar-refractivity contribution >= 4 is 20.8 Å². The lowest BCUT2D eigenvalue weighted by atomic mass is 10.1. The Labute approximate surface area is 134 Å². The van der Waals surface area contributed by atoms with E-state index >= 15 is 0 Å². The Morgan fingerprint density at radius 1 is 0.870 bits per heavy atom. The van der Waals surface area contributed by atoms with Gasteiger partial charge in [0, 0.05) is 6.54 Å². The molecule has 0 spiro atoms. The molecule has 3 rings (SSSR count). The zero-order valence-corrected chi connectivity index (χ0v) is 13.2. The smallest absolute Gasteiger partial charge is 0.211 e. The van der Waals surface area contributed by atoms with Crippen molar-refractivity contribution < 1.29 is 12.8 Å². The van der Waals surface area contributed by atoms with Gasteiger partial charge in [-0.05, 0) is 47.0 Å². The van der Waals surface area contributed by atoms with E-state index in [2.05, 4.69) is 4.72 Å². The van der Waals surface area contributed by atoms with E-state index in [1.54, 1.807) is 30.3 Å². The summed E-state index contributed by atoms with van der Waals surface area (Å²) in [6.07, 6.45) is 0.435. The molecular weight excluding hydrogens is 313 g/mol. The average molecular weight is 329 g/mol. The second-order valence-corrected chi connectivity index (χ2v) is 7.05. The lowest BCUT2D eigenvalue weighted by Crippen LogP contribution is -2.26. The summed E-state index contributed by atoms with van der Waals surface area (Å²) in [6, 6.07) is 18.8. The van der Waals surface area contributed by atoms with Gasteiger partial charge in [0.05, 0.1) is 4.90 Å². The molecule has 0 bridgehead atoms. The SMILES string of the molecule is O=S(=O)(NCCc1cccc(F)c1)c1ccc2ccccc2c1. The number of benzene rings is 3. The van der Waals surface area contributed by atoms with Crippen molar-refractivity contribution in [1.29, 1.82) is 0 Å². The third-order valence-electron chi connectivity index (χ3n) is 3.63. The van der Waals surface area contributed by atoms with Gasteiger partial charge in [-0.15, -0.1) is 0 Å². The van der Waals surface area contributed by atoms with Crippen molar-refractivity contribution in [3.8, 4) is 0 Å². The van der Waals surface area contributed by atoms with Crippen LogP contribution in [-0.4, -0.2) is 15.0 Å². The monoisotopic (exact) mass is 329 g/mol. The number of rotatable bonds is 5. The Morgan fingerprint density at radius 3 is 2.43 bits per heavy atom. The van der Waals surface area contributed by atoms with Crippen LogP contribution in [0.3, 0.4) is 0 Å². The molecule has 3 aromatic carbocycles. The average Bonchev–Trinajstić information content (AvgIpc) is 2.54. The fourth-order valence-corrected chi connectivity index (χ4v) is 3.51. The van der Waals surface area contributed by atoms with E-state index in [1.165, 1.54) is 12.1 Å². The van der Waals surface area contributed by atoms with Crippen LogP contribution in [0.5, 0.6) is 0 Å². The van der Waals surface area contributed by atoms with Gasteiger partial charge in [0.2, 0.25) is 10.0 Å². The van der Waals surface area contributed by atoms with Crippen LogP contribution in [0.15, 0.2) is 71.6 Å². The maximum atomic E-state index is 13.1. The molecule has 0 saturated carbocycles. The van der Waals surface area contributed by atoms with Crippen LogP contribution in [0.4, 0.5) is 4.39 Å². The van der Waals surface area contributed by atoms with E-state index in [1.807, 2.05) is 24.3 Å². The van der Waals surface area contributed by atoms with Crippen LogP contribution in [0, 0.1) is 5.82 Å². The summed E-state index contributed by atoms with van der Waals surface area (Å²) < 4.78 is 40.4. The number of nitrogens with one attached hydrogen (secondary N) is 1. The van der Waals surface area contributed by atoms with E-state index in [-0.39, 0.29) is 17.3 Å². The van der Waals surface area contributed by atoms with Gasteiger partial charge in [0.1, 0.15) is 5.82 Å². The molecule has 0 atom stereocenters. The summed E-state index contributed by atoms with van der Waals surface area (Å²) >= 11 is 0. The van der Waals surface area contributed by atoms with Crippen molar-refractivity contribution in [2.24, 2.45) is 0 Å². The van der Waals surface area contributed by atoms with Gasteiger partial charge in [0.25, 0.3) is 0 Å². The summed E-state index contributed by atoms with van der Waals surface area (Å²) in [7, 11) is -3.58. The van der Waals surface area contributed by atoms with Crippen LogP contribution in [-0.2, 0) is 16.4 Å². The van der Waals surface area contributed by atoms with E-state index < -0.39 is 10.0 Å². The first kappa shape index (κ1) is 15.6. The quantitative estimate of drug-likeness (QED) is 0.779. The van der Waals surface area contributed by atoms with Gasteiger partial charge in [0.15, 0.2) is 0 Å². The second kappa shape index (κ2) is 6.48. The standard InChI is InChI=1S/C18H16FNO2S/c19-17-7-3-4-14(12-17)10-11-20-23(21,22)18-9-8-15-5-1-2-6-16(15)13-18/h1-9,12-13,20H,10-11H2. The molecule has 23 heavy (non-hydrogen) atoms. The number of halogens is 1. The minimum absolute atomic E-state index is 0.221. The van der Waals surface area contributed by atoms with Gasteiger partial charge in [-0.1, -0.05) is 42.5 Å². The summed E-state index contributed by atoms with van der Waals surface area (Å²) in [5.74, 6) is -0.320.